The topological polar surface area (TPSA) is 32.3 Å². The maximum atomic E-state index is 12.8. The van der Waals surface area contributed by atoms with E-state index in [2.05, 4.69) is 40.0 Å². The van der Waals surface area contributed by atoms with Gasteiger partial charge in [-0.3, -0.25) is 4.79 Å². The smallest absolute Gasteiger partial charge is 0.255 e. The zero-order valence-corrected chi connectivity index (χ0v) is 12.9. The Bertz CT molecular complexity index is 515. The number of amides is 1. The minimum atomic E-state index is -0.0689. The van der Waals surface area contributed by atoms with Gasteiger partial charge >= 0.3 is 0 Å². The van der Waals surface area contributed by atoms with E-state index in [1.54, 1.807) is 0 Å². The maximum absolute atomic E-state index is 12.8. The molecule has 3 nitrogen and oxygen atoms in total. The number of rotatable bonds is 1. The minimum absolute atomic E-state index is 0.0689. The Morgan fingerprint density at radius 2 is 2.11 bits per heavy atom. The van der Waals surface area contributed by atoms with Crippen LogP contribution in [0.25, 0.3) is 0 Å². The van der Waals surface area contributed by atoms with Crippen molar-refractivity contribution in [2.75, 3.05) is 19.6 Å². The van der Waals surface area contributed by atoms with Crippen molar-refractivity contribution in [3.05, 3.63) is 34.3 Å². The number of nitrogens with one attached hydrogen (secondary N) is 1. The molecule has 2 saturated heterocycles. The van der Waals surface area contributed by atoms with Crippen molar-refractivity contribution in [2.45, 2.75) is 19.4 Å². The number of carbonyl (C=O) groups excluding carboxylic acids is 1. The summed E-state index contributed by atoms with van der Waals surface area (Å²) in [7, 11) is 0. The van der Waals surface area contributed by atoms with Crippen LogP contribution in [-0.2, 0) is 0 Å². The molecular formula is C15H19BrN2O. The molecule has 2 aliphatic heterocycles. The number of nitrogens with zero attached hydrogens (tertiary/aromatic N) is 1. The van der Waals surface area contributed by atoms with Crippen LogP contribution in [0.4, 0.5) is 0 Å². The second kappa shape index (κ2) is 4.60. The van der Waals surface area contributed by atoms with Crippen molar-refractivity contribution >= 4 is 21.8 Å². The van der Waals surface area contributed by atoms with Crippen LogP contribution in [0, 0.1) is 11.8 Å². The lowest BCUT2D eigenvalue weighted by Crippen LogP contribution is -2.47. The van der Waals surface area contributed by atoms with Gasteiger partial charge < -0.3 is 10.2 Å². The van der Waals surface area contributed by atoms with Crippen molar-refractivity contribution < 1.29 is 4.79 Å². The van der Waals surface area contributed by atoms with Crippen LogP contribution in [0.3, 0.4) is 0 Å². The highest BCUT2D eigenvalue weighted by molar-refractivity contribution is 9.10. The van der Waals surface area contributed by atoms with E-state index < -0.39 is 0 Å². The van der Waals surface area contributed by atoms with Gasteiger partial charge in [-0.05, 0) is 53.7 Å². The van der Waals surface area contributed by atoms with Gasteiger partial charge in [0.1, 0.15) is 0 Å². The average molecular weight is 323 g/mol. The van der Waals surface area contributed by atoms with Crippen LogP contribution in [0.5, 0.6) is 0 Å². The number of hydrogen-bond acceptors (Lipinski definition) is 2. The number of benzene rings is 1. The number of carbonyl (C=O) groups is 1. The molecule has 0 spiro atoms. The highest BCUT2D eigenvalue weighted by Gasteiger charge is 2.51. The summed E-state index contributed by atoms with van der Waals surface area (Å²) in [6.45, 7) is 7.31. The largest absolute Gasteiger partial charge is 0.333 e. The van der Waals surface area contributed by atoms with Gasteiger partial charge in [0.25, 0.3) is 5.91 Å². The summed E-state index contributed by atoms with van der Waals surface area (Å²) in [6, 6.07) is 7.69. The van der Waals surface area contributed by atoms with Gasteiger partial charge in [-0.15, -0.1) is 0 Å². The number of halogens is 1. The number of fused-ring (bicyclic) bond motifs is 1. The van der Waals surface area contributed by atoms with Gasteiger partial charge in [-0.1, -0.05) is 12.1 Å². The van der Waals surface area contributed by atoms with Crippen molar-refractivity contribution in [2.24, 2.45) is 11.8 Å². The van der Waals surface area contributed by atoms with Gasteiger partial charge in [0.2, 0.25) is 0 Å². The van der Waals surface area contributed by atoms with Crippen molar-refractivity contribution in [1.29, 1.82) is 0 Å². The van der Waals surface area contributed by atoms with Crippen molar-refractivity contribution in [3.63, 3.8) is 0 Å². The third-order valence-electron chi connectivity index (χ3n) is 4.71. The second-order valence-electron chi connectivity index (χ2n) is 6.07. The van der Waals surface area contributed by atoms with Crippen LogP contribution in [0.15, 0.2) is 28.7 Å². The zero-order valence-electron chi connectivity index (χ0n) is 11.3. The zero-order chi connectivity index (χ0) is 13.6. The first-order valence-electron chi connectivity index (χ1n) is 6.79. The molecule has 2 aliphatic rings. The molecule has 0 aromatic heterocycles. The lowest BCUT2D eigenvalue weighted by atomic mass is 9.84. The van der Waals surface area contributed by atoms with Crippen molar-refractivity contribution in [3.8, 4) is 0 Å². The fraction of sp³-hybridized carbons (Fsp3) is 0.533. The highest BCUT2D eigenvalue weighted by atomic mass is 79.9. The molecule has 1 aromatic carbocycles. The summed E-state index contributed by atoms with van der Waals surface area (Å²) in [6.07, 6.45) is 0. The highest BCUT2D eigenvalue weighted by Crippen LogP contribution is 2.41. The first kappa shape index (κ1) is 13.1. The first-order chi connectivity index (χ1) is 9.01. The van der Waals surface area contributed by atoms with E-state index in [0.29, 0.717) is 11.8 Å². The molecule has 19 heavy (non-hydrogen) atoms. The predicted molar refractivity (Wildman–Crippen MR) is 79.1 cm³/mol. The van der Waals surface area contributed by atoms with E-state index >= 15 is 0 Å². The molecule has 2 heterocycles. The molecule has 0 bridgehead atoms. The molecular weight excluding hydrogens is 304 g/mol. The molecule has 2 unspecified atom stereocenters. The van der Waals surface area contributed by atoms with Gasteiger partial charge in [-0.25, -0.2) is 0 Å². The van der Waals surface area contributed by atoms with Gasteiger partial charge in [0.15, 0.2) is 0 Å². The molecule has 1 aromatic rings. The van der Waals surface area contributed by atoms with E-state index in [0.717, 1.165) is 29.7 Å². The summed E-state index contributed by atoms with van der Waals surface area (Å²) < 4.78 is 0.881. The third kappa shape index (κ3) is 2.01. The molecule has 0 radical (unpaired) electrons. The van der Waals surface area contributed by atoms with Gasteiger partial charge in [0, 0.05) is 29.6 Å². The normalized spacial score (nSPS) is 28.5. The van der Waals surface area contributed by atoms with E-state index in [1.807, 2.05) is 24.3 Å². The van der Waals surface area contributed by atoms with Crippen LogP contribution in [-0.4, -0.2) is 36.0 Å². The van der Waals surface area contributed by atoms with Gasteiger partial charge in [-0.2, -0.15) is 0 Å². The van der Waals surface area contributed by atoms with E-state index in [-0.39, 0.29) is 11.4 Å². The third-order valence-corrected chi connectivity index (χ3v) is 5.40. The van der Waals surface area contributed by atoms with Crippen LogP contribution < -0.4 is 5.32 Å². The quantitative estimate of drug-likeness (QED) is 0.861. The average Bonchev–Trinajstić information content (AvgIpc) is 2.92. The van der Waals surface area contributed by atoms with E-state index in [9.17, 15) is 4.79 Å². The molecule has 102 valence electrons. The Morgan fingerprint density at radius 3 is 2.79 bits per heavy atom. The first-order valence-corrected chi connectivity index (χ1v) is 7.58. The SMILES string of the molecule is CC1(C)C2CNCC2CN1C(=O)c1ccccc1Br. The summed E-state index contributed by atoms with van der Waals surface area (Å²) >= 11 is 3.48. The summed E-state index contributed by atoms with van der Waals surface area (Å²) in [5.41, 5.74) is 0.698. The van der Waals surface area contributed by atoms with Gasteiger partial charge in [0.05, 0.1) is 5.56 Å². The molecule has 0 saturated carbocycles. The lowest BCUT2D eigenvalue weighted by molar-refractivity contribution is 0.0602. The summed E-state index contributed by atoms with van der Waals surface area (Å²) in [5, 5.41) is 3.44. The predicted octanol–water partition coefficient (Wildman–Crippen LogP) is 2.52. The fourth-order valence-electron chi connectivity index (χ4n) is 3.55. The molecule has 1 N–H and O–H groups in total. The number of hydrogen-bond donors (Lipinski definition) is 1. The summed E-state index contributed by atoms with van der Waals surface area (Å²) in [5.74, 6) is 1.31. The molecule has 0 aliphatic carbocycles. The Hall–Kier alpha value is -0.870. The fourth-order valence-corrected chi connectivity index (χ4v) is 4.00. The molecule has 3 rings (SSSR count). The molecule has 4 heteroatoms. The Labute approximate surface area is 122 Å². The van der Waals surface area contributed by atoms with Crippen molar-refractivity contribution in [1.82, 2.24) is 10.2 Å². The Morgan fingerprint density at radius 1 is 1.37 bits per heavy atom. The standard InChI is InChI=1S/C15H19BrN2O/c1-15(2)12-8-17-7-10(12)9-18(15)14(19)11-5-3-4-6-13(11)16/h3-6,10,12,17H,7-9H2,1-2H3. The summed E-state index contributed by atoms with van der Waals surface area (Å²) in [4.78, 5) is 14.8. The Kier molecular flexibility index (Phi) is 3.18. The molecule has 2 fully saturated rings. The van der Waals surface area contributed by atoms with E-state index in [1.165, 1.54) is 0 Å². The number of likely N-dealkylation sites (tertiary alicyclic amines) is 1. The Balaban J connectivity index is 1.91. The second-order valence-corrected chi connectivity index (χ2v) is 6.93. The lowest BCUT2D eigenvalue weighted by Gasteiger charge is -2.35. The van der Waals surface area contributed by atoms with Crippen LogP contribution in [0.2, 0.25) is 0 Å². The maximum Gasteiger partial charge on any atom is 0.255 e. The minimum Gasteiger partial charge on any atom is -0.333 e. The molecule has 2 atom stereocenters. The van der Waals surface area contributed by atoms with Crippen LogP contribution in [0.1, 0.15) is 24.2 Å². The molecule has 1 amide bonds. The van der Waals surface area contributed by atoms with E-state index in [4.69, 9.17) is 0 Å². The van der Waals surface area contributed by atoms with Crippen LogP contribution >= 0.6 is 15.9 Å². The monoisotopic (exact) mass is 322 g/mol.